The lowest BCUT2D eigenvalue weighted by atomic mass is 10.1. The zero-order chi connectivity index (χ0) is 14.0. The van der Waals surface area contributed by atoms with Crippen molar-refractivity contribution in [3.63, 3.8) is 0 Å². The van der Waals surface area contributed by atoms with Crippen molar-refractivity contribution in [2.24, 2.45) is 7.05 Å². The molecule has 2 heterocycles. The van der Waals surface area contributed by atoms with E-state index < -0.39 is 9.84 Å². The fourth-order valence-corrected chi connectivity index (χ4v) is 4.42. The van der Waals surface area contributed by atoms with Gasteiger partial charge in [-0.3, -0.25) is 9.58 Å². The topological polar surface area (TPSA) is 55.2 Å². The Morgan fingerprint density at radius 2 is 2.26 bits per heavy atom. The Hall–Kier alpha value is -0.880. The molecular formula is C13H23N3O2S. The predicted molar refractivity (Wildman–Crippen MR) is 75.7 cm³/mol. The Balaban J connectivity index is 2.11. The van der Waals surface area contributed by atoms with E-state index in [0.29, 0.717) is 11.5 Å². The monoisotopic (exact) mass is 285 g/mol. The minimum absolute atomic E-state index is 0.171. The van der Waals surface area contributed by atoms with Crippen molar-refractivity contribution >= 4 is 9.84 Å². The first-order valence-electron chi connectivity index (χ1n) is 6.85. The number of aryl methyl sites for hydroxylation is 1. The van der Waals surface area contributed by atoms with Crippen molar-refractivity contribution in [3.8, 4) is 0 Å². The van der Waals surface area contributed by atoms with Crippen LogP contribution in [0.2, 0.25) is 0 Å². The van der Waals surface area contributed by atoms with Gasteiger partial charge < -0.3 is 0 Å². The molecule has 0 amide bonds. The lowest BCUT2D eigenvalue weighted by Crippen LogP contribution is -2.36. The molecule has 1 fully saturated rings. The zero-order valence-electron chi connectivity index (χ0n) is 12.0. The van der Waals surface area contributed by atoms with E-state index in [9.17, 15) is 8.42 Å². The maximum atomic E-state index is 11.6. The van der Waals surface area contributed by atoms with Crippen molar-refractivity contribution in [2.75, 3.05) is 18.1 Å². The smallest absolute Gasteiger partial charge is 0.151 e. The number of sulfone groups is 1. The van der Waals surface area contributed by atoms with Gasteiger partial charge in [-0.15, -0.1) is 0 Å². The van der Waals surface area contributed by atoms with E-state index in [1.165, 1.54) is 5.56 Å². The summed E-state index contributed by atoms with van der Waals surface area (Å²) in [5.74, 6) is 0.649. The van der Waals surface area contributed by atoms with Gasteiger partial charge in [0.25, 0.3) is 0 Å². The van der Waals surface area contributed by atoms with Gasteiger partial charge in [0.15, 0.2) is 9.84 Å². The minimum Gasteiger partial charge on any atom is -0.295 e. The van der Waals surface area contributed by atoms with Gasteiger partial charge in [-0.2, -0.15) is 5.10 Å². The van der Waals surface area contributed by atoms with Crippen molar-refractivity contribution in [1.82, 2.24) is 14.7 Å². The second-order valence-electron chi connectivity index (χ2n) is 5.41. The van der Waals surface area contributed by atoms with Crippen LogP contribution in [0, 0.1) is 6.92 Å². The van der Waals surface area contributed by atoms with Gasteiger partial charge in [-0.1, -0.05) is 6.92 Å². The molecule has 1 atom stereocenters. The van der Waals surface area contributed by atoms with Crippen LogP contribution in [0.15, 0.2) is 6.20 Å². The number of hydrogen-bond donors (Lipinski definition) is 0. The summed E-state index contributed by atoms with van der Waals surface area (Å²) >= 11 is 0. The molecule has 1 aromatic rings. The average molecular weight is 285 g/mol. The molecule has 0 spiro atoms. The van der Waals surface area contributed by atoms with E-state index in [0.717, 1.165) is 31.6 Å². The van der Waals surface area contributed by atoms with Gasteiger partial charge in [-0.05, 0) is 26.3 Å². The molecule has 1 aromatic heterocycles. The zero-order valence-corrected chi connectivity index (χ0v) is 12.8. The number of rotatable bonds is 5. The Bertz CT molecular complexity index is 536. The summed E-state index contributed by atoms with van der Waals surface area (Å²) in [6, 6.07) is 0.171. The molecule has 0 N–H and O–H groups in total. The summed E-state index contributed by atoms with van der Waals surface area (Å²) in [4.78, 5) is 2.30. The highest BCUT2D eigenvalue weighted by molar-refractivity contribution is 7.91. The predicted octanol–water partition coefficient (Wildman–Crippen LogP) is 1.13. The third kappa shape index (κ3) is 3.36. The SMILES string of the molecule is CCCN(Cc1cnn(C)c1C)C1CCS(=O)(=O)C1. The Morgan fingerprint density at radius 1 is 1.53 bits per heavy atom. The van der Waals surface area contributed by atoms with Gasteiger partial charge in [0.1, 0.15) is 0 Å². The van der Waals surface area contributed by atoms with Gasteiger partial charge in [0.2, 0.25) is 0 Å². The van der Waals surface area contributed by atoms with Gasteiger partial charge in [0.05, 0.1) is 17.7 Å². The van der Waals surface area contributed by atoms with Crippen molar-refractivity contribution in [3.05, 3.63) is 17.5 Å². The molecule has 1 aliphatic rings. The van der Waals surface area contributed by atoms with Crippen molar-refractivity contribution in [2.45, 2.75) is 39.3 Å². The van der Waals surface area contributed by atoms with Crippen LogP contribution in [0.4, 0.5) is 0 Å². The molecule has 6 heteroatoms. The average Bonchev–Trinajstić information content (AvgIpc) is 2.85. The highest BCUT2D eigenvalue weighted by atomic mass is 32.2. The fraction of sp³-hybridized carbons (Fsp3) is 0.769. The van der Waals surface area contributed by atoms with Crippen LogP contribution in [0.1, 0.15) is 31.0 Å². The molecule has 1 aliphatic heterocycles. The van der Waals surface area contributed by atoms with E-state index in [4.69, 9.17) is 0 Å². The number of hydrogen-bond acceptors (Lipinski definition) is 4. The van der Waals surface area contributed by atoms with E-state index in [2.05, 4.69) is 23.8 Å². The van der Waals surface area contributed by atoms with Crippen LogP contribution in [0.25, 0.3) is 0 Å². The van der Waals surface area contributed by atoms with Crippen molar-refractivity contribution < 1.29 is 8.42 Å². The van der Waals surface area contributed by atoms with Gasteiger partial charge in [0, 0.05) is 30.9 Å². The summed E-state index contributed by atoms with van der Waals surface area (Å²) in [5.41, 5.74) is 2.35. The molecule has 108 valence electrons. The second kappa shape index (κ2) is 5.63. The first kappa shape index (κ1) is 14.5. The molecule has 0 saturated carbocycles. The van der Waals surface area contributed by atoms with Crippen LogP contribution >= 0.6 is 0 Å². The van der Waals surface area contributed by atoms with E-state index in [1.807, 2.05) is 17.9 Å². The quantitative estimate of drug-likeness (QED) is 0.814. The van der Waals surface area contributed by atoms with E-state index >= 15 is 0 Å². The molecule has 5 nitrogen and oxygen atoms in total. The first-order chi connectivity index (χ1) is 8.93. The second-order valence-corrected chi connectivity index (χ2v) is 7.63. The van der Waals surface area contributed by atoms with Crippen LogP contribution in [-0.4, -0.2) is 47.2 Å². The van der Waals surface area contributed by atoms with Crippen molar-refractivity contribution in [1.29, 1.82) is 0 Å². The summed E-state index contributed by atoms with van der Waals surface area (Å²) in [5, 5.41) is 4.26. The first-order valence-corrected chi connectivity index (χ1v) is 8.67. The minimum atomic E-state index is -2.82. The summed E-state index contributed by atoms with van der Waals surface area (Å²) in [6.07, 6.45) is 3.69. The lowest BCUT2D eigenvalue weighted by molar-refractivity contribution is 0.203. The number of aromatic nitrogens is 2. The summed E-state index contributed by atoms with van der Waals surface area (Å²) in [6.45, 7) is 5.92. The fourth-order valence-electron chi connectivity index (χ4n) is 2.66. The molecule has 1 saturated heterocycles. The third-order valence-electron chi connectivity index (χ3n) is 3.95. The molecule has 0 radical (unpaired) electrons. The molecular weight excluding hydrogens is 262 g/mol. The number of nitrogens with zero attached hydrogens (tertiary/aromatic N) is 3. The Labute approximate surface area is 115 Å². The van der Waals surface area contributed by atoms with Crippen LogP contribution in [0.3, 0.4) is 0 Å². The standard InChI is InChI=1S/C13H23N3O2S/c1-4-6-16(13-5-7-19(17,18)10-13)9-12-8-14-15(3)11(12)2/h8,13H,4-7,9-10H2,1-3H3. The summed E-state index contributed by atoms with van der Waals surface area (Å²) in [7, 11) is -0.885. The largest absolute Gasteiger partial charge is 0.295 e. The third-order valence-corrected chi connectivity index (χ3v) is 5.70. The highest BCUT2D eigenvalue weighted by Crippen LogP contribution is 2.21. The molecule has 0 aromatic carbocycles. The lowest BCUT2D eigenvalue weighted by Gasteiger charge is -2.27. The molecule has 19 heavy (non-hydrogen) atoms. The normalized spacial score (nSPS) is 22.2. The van der Waals surface area contributed by atoms with Crippen LogP contribution < -0.4 is 0 Å². The highest BCUT2D eigenvalue weighted by Gasteiger charge is 2.32. The maximum Gasteiger partial charge on any atom is 0.151 e. The summed E-state index contributed by atoms with van der Waals surface area (Å²) < 4.78 is 25.1. The molecule has 2 rings (SSSR count). The van der Waals surface area contributed by atoms with Gasteiger partial charge >= 0.3 is 0 Å². The molecule has 0 aliphatic carbocycles. The molecule has 1 unspecified atom stereocenters. The van der Waals surface area contributed by atoms with Crippen LogP contribution in [-0.2, 0) is 23.4 Å². The molecule has 0 bridgehead atoms. The van der Waals surface area contributed by atoms with Crippen LogP contribution in [0.5, 0.6) is 0 Å². The maximum absolute atomic E-state index is 11.6. The van der Waals surface area contributed by atoms with E-state index in [1.54, 1.807) is 0 Å². The van der Waals surface area contributed by atoms with E-state index in [-0.39, 0.29) is 6.04 Å². The van der Waals surface area contributed by atoms with Gasteiger partial charge in [-0.25, -0.2) is 8.42 Å². The Morgan fingerprint density at radius 3 is 2.74 bits per heavy atom. The Kier molecular flexibility index (Phi) is 4.30.